The van der Waals surface area contributed by atoms with Crippen molar-refractivity contribution in [3.8, 4) is 0 Å². The van der Waals surface area contributed by atoms with Crippen LogP contribution < -0.4 is 5.32 Å². The van der Waals surface area contributed by atoms with Gasteiger partial charge in [0.05, 0.1) is 25.4 Å². The highest BCUT2D eigenvalue weighted by Crippen LogP contribution is 2.29. The molecule has 0 aromatic carbocycles. The summed E-state index contributed by atoms with van der Waals surface area (Å²) < 4.78 is 5.42. The van der Waals surface area contributed by atoms with Gasteiger partial charge in [0.2, 0.25) is 0 Å². The van der Waals surface area contributed by atoms with Crippen molar-refractivity contribution in [2.45, 2.75) is 57.7 Å². The van der Waals surface area contributed by atoms with Gasteiger partial charge < -0.3 is 20.1 Å². The van der Waals surface area contributed by atoms with E-state index in [2.05, 4.69) is 12.2 Å². The summed E-state index contributed by atoms with van der Waals surface area (Å²) in [6.45, 7) is 5.56. The normalized spacial score (nSPS) is 27.5. The molecule has 2 fully saturated rings. The Hall–Kier alpha value is -0.810. The molecule has 0 bridgehead atoms. The molecule has 0 radical (unpaired) electrons. The van der Waals surface area contributed by atoms with Gasteiger partial charge in [0, 0.05) is 12.6 Å². The van der Waals surface area contributed by atoms with E-state index in [4.69, 9.17) is 4.74 Å². The lowest BCUT2D eigenvalue weighted by molar-refractivity contribution is -0.00534. The molecule has 0 aromatic heterocycles. The zero-order valence-corrected chi connectivity index (χ0v) is 12.0. The Morgan fingerprint density at radius 1 is 1.47 bits per heavy atom. The van der Waals surface area contributed by atoms with Gasteiger partial charge in [-0.25, -0.2) is 4.79 Å². The molecule has 2 amide bonds. The fourth-order valence-electron chi connectivity index (χ4n) is 2.85. The molecule has 1 saturated carbocycles. The standard InChI is InChI=1S/C14H26N2O3/c1-10(17)8-13-9-19-7-6-16(13)14(18)15-11(2)12-4-3-5-12/h10-13,17H,3-9H2,1-2H3,(H,15,18)/t10-,11+,13-/m0/s1. The minimum Gasteiger partial charge on any atom is -0.393 e. The van der Waals surface area contributed by atoms with E-state index in [1.807, 2.05) is 4.90 Å². The summed E-state index contributed by atoms with van der Waals surface area (Å²) >= 11 is 0. The van der Waals surface area contributed by atoms with Gasteiger partial charge in [-0.2, -0.15) is 0 Å². The quantitative estimate of drug-likeness (QED) is 0.811. The molecule has 0 aromatic rings. The van der Waals surface area contributed by atoms with Gasteiger partial charge in [-0.3, -0.25) is 0 Å². The number of hydrogen-bond donors (Lipinski definition) is 2. The van der Waals surface area contributed by atoms with Crippen molar-refractivity contribution < 1.29 is 14.6 Å². The van der Waals surface area contributed by atoms with Crippen molar-refractivity contribution in [1.29, 1.82) is 0 Å². The Kier molecular flexibility index (Phi) is 5.05. The summed E-state index contributed by atoms with van der Waals surface area (Å²) in [5.74, 6) is 0.639. The lowest BCUT2D eigenvalue weighted by Crippen LogP contribution is -2.55. The number of urea groups is 1. The van der Waals surface area contributed by atoms with Crippen LogP contribution in [0.4, 0.5) is 4.79 Å². The maximum atomic E-state index is 12.3. The first-order valence-corrected chi connectivity index (χ1v) is 7.41. The van der Waals surface area contributed by atoms with E-state index in [0.29, 0.717) is 32.1 Å². The summed E-state index contributed by atoms with van der Waals surface area (Å²) in [7, 11) is 0. The molecule has 1 heterocycles. The highest BCUT2D eigenvalue weighted by Gasteiger charge is 2.31. The molecule has 110 valence electrons. The largest absolute Gasteiger partial charge is 0.393 e. The third-order valence-corrected chi connectivity index (χ3v) is 4.31. The number of hydrogen-bond acceptors (Lipinski definition) is 3. The van der Waals surface area contributed by atoms with Gasteiger partial charge in [-0.15, -0.1) is 0 Å². The number of aliphatic hydroxyl groups is 1. The number of morpholine rings is 1. The Morgan fingerprint density at radius 3 is 2.79 bits per heavy atom. The number of nitrogens with zero attached hydrogens (tertiary/aromatic N) is 1. The SMILES string of the molecule is C[C@H](O)C[C@H]1COCCN1C(=O)N[C@H](C)C1CCC1. The van der Waals surface area contributed by atoms with E-state index >= 15 is 0 Å². The Labute approximate surface area is 115 Å². The van der Waals surface area contributed by atoms with Crippen LogP contribution in [0.15, 0.2) is 0 Å². The number of rotatable bonds is 4. The summed E-state index contributed by atoms with van der Waals surface area (Å²) in [5, 5.41) is 12.6. The van der Waals surface area contributed by atoms with Gasteiger partial charge >= 0.3 is 6.03 Å². The van der Waals surface area contributed by atoms with Gasteiger partial charge in [0.25, 0.3) is 0 Å². The van der Waals surface area contributed by atoms with Crippen LogP contribution in [-0.4, -0.2) is 54.0 Å². The Balaban J connectivity index is 1.87. The molecule has 2 aliphatic rings. The van der Waals surface area contributed by atoms with Crippen LogP contribution in [0.25, 0.3) is 0 Å². The number of aliphatic hydroxyl groups excluding tert-OH is 1. The molecule has 2 N–H and O–H groups in total. The molecular formula is C14H26N2O3. The van der Waals surface area contributed by atoms with E-state index in [0.717, 1.165) is 0 Å². The third kappa shape index (κ3) is 3.83. The maximum Gasteiger partial charge on any atom is 0.318 e. The number of nitrogens with one attached hydrogen (secondary N) is 1. The topological polar surface area (TPSA) is 61.8 Å². The fourth-order valence-corrected chi connectivity index (χ4v) is 2.85. The summed E-state index contributed by atoms with van der Waals surface area (Å²) in [6, 6.07) is 0.229. The van der Waals surface area contributed by atoms with E-state index in [9.17, 15) is 9.90 Å². The second-order valence-electron chi connectivity index (χ2n) is 5.94. The summed E-state index contributed by atoms with van der Waals surface area (Å²) in [4.78, 5) is 14.1. The molecule has 1 aliphatic carbocycles. The predicted molar refractivity (Wildman–Crippen MR) is 72.9 cm³/mol. The fraction of sp³-hybridized carbons (Fsp3) is 0.929. The average Bonchev–Trinajstić information content (AvgIpc) is 2.26. The van der Waals surface area contributed by atoms with Crippen molar-refractivity contribution in [3.05, 3.63) is 0 Å². The maximum absolute atomic E-state index is 12.3. The molecule has 19 heavy (non-hydrogen) atoms. The number of carbonyl (C=O) groups is 1. The summed E-state index contributed by atoms with van der Waals surface area (Å²) in [6.07, 6.45) is 3.90. The number of carbonyl (C=O) groups excluding carboxylic acids is 1. The Morgan fingerprint density at radius 2 is 2.21 bits per heavy atom. The lowest BCUT2D eigenvalue weighted by Gasteiger charge is -2.39. The zero-order chi connectivity index (χ0) is 13.8. The minimum atomic E-state index is -0.411. The molecule has 0 unspecified atom stereocenters. The number of ether oxygens (including phenoxy) is 1. The van der Waals surface area contributed by atoms with Crippen molar-refractivity contribution >= 4 is 6.03 Å². The van der Waals surface area contributed by atoms with E-state index in [-0.39, 0.29) is 18.1 Å². The first-order chi connectivity index (χ1) is 9.08. The van der Waals surface area contributed by atoms with Gasteiger partial charge in [-0.05, 0) is 39.0 Å². The second kappa shape index (κ2) is 6.57. The smallest absolute Gasteiger partial charge is 0.318 e. The molecular weight excluding hydrogens is 244 g/mol. The van der Waals surface area contributed by atoms with E-state index < -0.39 is 6.10 Å². The average molecular weight is 270 g/mol. The second-order valence-corrected chi connectivity index (χ2v) is 5.94. The molecule has 5 heteroatoms. The molecule has 3 atom stereocenters. The van der Waals surface area contributed by atoms with Crippen LogP contribution in [0.5, 0.6) is 0 Å². The molecule has 2 rings (SSSR count). The minimum absolute atomic E-state index is 0.00616. The predicted octanol–water partition coefficient (Wildman–Crippen LogP) is 1.36. The molecule has 1 aliphatic heterocycles. The van der Waals surface area contributed by atoms with Crippen LogP contribution in [0, 0.1) is 5.92 Å². The highest BCUT2D eigenvalue weighted by atomic mass is 16.5. The van der Waals surface area contributed by atoms with E-state index in [1.54, 1.807) is 6.92 Å². The van der Waals surface area contributed by atoms with Crippen LogP contribution in [0.3, 0.4) is 0 Å². The van der Waals surface area contributed by atoms with Gasteiger partial charge in [-0.1, -0.05) is 6.42 Å². The summed E-state index contributed by atoms with van der Waals surface area (Å²) in [5.41, 5.74) is 0. The molecule has 0 spiro atoms. The number of amides is 2. The highest BCUT2D eigenvalue weighted by molar-refractivity contribution is 5.75. The van der Waals surface area contributed by atoms with Crippen LogP contribution in [-0.2, 0) is 4.74 Å². The van der Waals surface area contributed by atoms with Gasteiger partial charge in [0.1, 0.15) is 0 Å². The zero-order valence-electron chi connectivity index (χ0n) is 12.0. The van der Waals surface area contributed by atoms with Crippen molar-refractivity contribution in [3.63, 3.8) is 0 Å². The Bertz CT molecular complexity index is 305. The van der Waals surface area contributed by atoms with Crippen molar-refractivity contribution in [2.24, 2.45) is 5.92 Å². The van der Waals surface area contributed by atoms with Crippen molar-refractivity contribution in [2.75, 3.05) is 19.8 Å². The van der Waals surface area contributed by atoms with Crippen LogP contribution in [0.2, 0.25) is 0 Å². The molecule has 1 saturated heterocycles. The van der Waals surface area contributed by atoms with Crippen LogP contribution in [0.1, 0.15) is 39.5 Å². The van der Waals surface area contributed by atoms with Crippen molar-refractivity contribution in [1.82, 2.24) is 10.2 Å². The van der Waals surface area contributed by atoms with Gasteiger partial charge in [0.15, 0.2) is 0 Å². The first kappa shape index (κ1) is 14.6. The first-order valence-electron chi connectivity index (χ1n) is 7.41. The van der Waals surface area contributed by atoms with E-state index in [1.165, 1.54) is 19.3 Å². The van der Waals surface area contributed by atoms with Crippen LogP contribution >= 0.6 is 0 Å². The molecule has 5 nitrogen and oxygen atoms in total. The lowest BCUT2D eigenvalue weighted by atomic mass is 9.80. The third-order valence-electron chi connectivity index (χ3n) is 4.31. The monoisotopic (exact) mass is 270 g/mol.